The Hall–Kier alpha value is -2.37. The van der Waals surface area contributed by atoms with Gasteiger partial charge in [0, 0.05) is 26.1 Å². The number of thiophene rings is 1. The van der Waals surface area contributed by atoms with Crippen molar-refractivity contribution in [2.75, 3.05) is 19.8 Å². The molecule has 0 aliphatic carbocycles. The topological polar surface area (TPSA) is 81.6 Å². The number of ether oxygens (including phenoxy) is 2. The first-order chi connectivity index (χ1) is 16.6. The van der Waals surface area contributed by atoms with Crippen LogP contribution in [0.2, 0.25) is 0 Å². The molecule has 3 heterocycles. The fourth-order valence-electron chi connectivity index (χ4n) is 4.05. The van der Waals surface area contributed by atoms with Crippen LogP contribution < -0.4 is 4.74 Å². The van der Waals surface area contributed by atoms with Gasteiger partial charge in [0.25, 0.3) is 0 Å². The first kappa shape index (κ1) is 23.4. The molecule has 2 aromatic heterocycles. The number of hydrogen-bond acceptors (Lipinski definition) is 8. The average molecular weight is 516 g/mol. The molecule has 10 heteroatoms. The minimum atomic E-state index is -3.82. The first-order valence-electron chi connectivity index (χ1n) is 11.2. The fourth-order valence-corrected chi connectivity index (χ4v) is 6.97. The number of fused-ring (bicyclic) bond motifs is 1. The molecule has 1 aliphatic rings. The van der Waals surface area contributed by atoms with Gasteiger partial charge in [-0.1, -0.05) is 18.2 Å². The Labute approximate surface area is 207 Å². The molecule has 0 radical (unpaired) electrons. The molecule has 0 N–H and O–H groups in total. The molecule has 1 unspecified atom stereocenters. The second kappa shape index (κ2) is 10.5. The summed E-state index contributed by atoms with van der Waals surface area (Å²) in [4.78, 5) is 0.180. The Balaban J connectivity index is 1.37. The van der Waals surface area contributed by atoms with E-state index in [1.54, 1.807) is 29.5 Å². The predicted molar refractivity (Wildman–Crippen MR) is 134 cm³/mol. The monoisotopic (exact) mass is 515 g/mol. The summed E-state index contributed by atoms with van der Waals surface area (Å²) >= 11 is 2.69. The lowest BCUT2D eigenvalue weighted by Crippen LogP contribution is -2.37. The molecule has 4 aromatic rings. The average Bonchev–Trinajstić information content (AvgIpc) is 3.61. The van der Waals surface area contributed by atoms with E-state index in [9.17, 15) is 8.42 Å². The van der Waals surface area contributed by atoms with Gasteiger partial charge in [-0.3, -0.25) is 0 Å². The lowest BCUT2D eigenvalue weighted by molar-refractivity contribution is 0.0926. The van der Waals surface area contributed by atoms with E-state index >= 15 is 0 Å². The summed E-state index contributed by atoms with van der Waals surface area (Å²) in [6, 6.07) is 14.8. The maximum atomic E-state index is 13.8. The van der Waals surface area contributed by atoms with E-state index in [4.69, 9.17) is 9.47 Å². The van der Waals surface area contributed by atoms with E-state index in [0.717, 1.165) is 42.3 Å². The second-order valence-corrected chi connectivity index (χ2v) is 11.4. The van der Waals surface area contributed by atoms with Crippen LogP contribution in [-0.4, -0.2) is 47.3 Å². The Morgan fingerprint density at radius 1 is 1.12 bits per heavy atom. The van der Waals surface area contributed by atoms with Gasteiger partial charge in [-0.25, -0.2) is 8.42 Å². The van der Waals surface area contributed by atoms with Crippen LogP contribution in [0.3, 0.4) is 0 Å². The molecule has 5 rings (SSSR count). The Kier molecular flexibility index (Phi) is 7.21. The van der Waals surface area contributed by atoms with Gasteiger partial charge in [-0.2, -0.15) is 24.4 Å². The van der Waals surface area contributed by atoms with Crippen molar-refractivity contribution in [2.24, 2.45) is 0 Å². The highest BCUT2D eigenvalue weighted by atomic mass is 32.2. The van der Waals surface area contributed by atoms with Gasteiger partial charge < -0.3 is 9.47 Å². The zero-order valence-corrected chi connectivity index (χ0v) is 20.9. The summed E-state index contributed by atoms with van der Waals surface area (Å²) in [5.41, 5.74) is 3.11. The van der Waals surface area contributed by atoms with Crippen molar-refractivity contribution in [2.45, 2.75) is 36.8 Å². The number of aromatic nitrogens is 2. The van der Waals surface area contributed by atoms with Crippen molar-refractivity contribution < 1.29 is 17.9 Å². The smallest absolute Gasteiger partial charge is 0.245 e. The van der Waals surface area contributed by atoms with E-state index < -0.39 is 10.0 Å². The van der Waals surface area contributed by atoms with Gasteiger partial charge in [-0.05, 0) is 65.1 Å². The molecule has 0 amide bonds. The van der Waals surface area contributed by atoms with E-state index in [0.29, 0.717) is 30.8 Å². The van der Waals surface area contributed by atoms with Crippen LogP contribution >= 0.6 is 23.1 Å². The third kappa shape index (κ3) is 5.31. The van der Waals surface area contributed by atoms with Gasteiger partial charge in [0.2, 0.25) is 10.0 Å². The van der Waals surface area contributed by atoms with Crippen LogP contribution in [0.4, 0.5) is 0 Å². The summed E-state index contributed by atoms with van der Waals surface area (Å²) in [5, 5.41) is 4.17. The molecule has 34 heavy (non-hydrogen) atoms. The predicted octanol–water partition coefficient (Wildman–Crippen LogP) is 4.74. The van der Waals surface area contributed by atoms with Crippen molar-refractivity contribution in [3.05, 3.63) is 70.4 Å². The minimum absolute atomic E-state index is 0.118. The van der Waals surface area contributed by atoms with Crippen LogP contribution in [0.15, 0.2) is 64.2 Å². The molecule has 2 aromatic carbocycles. The van der Waals surface area contributed by atoms with Gasteiger partial charge in [-0.15, -0.1) is 0 Å². The molecule has 1 fully saturated rings. The van der Waals surface area contributed by atoms with Crippen LogP contribution in [0, 0.1) is 0 Å². The third-order valence-corrected chi connectivity index (χ3v) is 8.91. The largest absolute Gasteiger partial charge is 0.493 e. The molecule has 1 saturated heterocycles. The number of nitrogens with zero attached hydrogens (tertiary/aromatic N) is 3. The fraction of sp³-hybridized carbons (Fsp3) is 0.333. The molecule has 0 saturated carbocycles. The Bertz CT molecular complexity index is 1330. The summed E-state index contributed by atoms with van der Waals surface area (Å²) < 4.78 is 49.3. The zero-order valence-electron chi connectivity index (χ0n) is 18.5. The first-order valence-corrected chi connectivity index (χ1v) is 14.3. The summed E-state index contributed by atoms with van der Waals surface area (Å²) in [5.74, 6) is 0.730. The SMILES string of the molecule is O=S(=O)(c1cccc2nsnc12)N(Cc1cccc(OCCc2ccsc2)c1)CC1CCCO1. The summed E-state index contributed by atoms with van der Waals surface area (Å²) in [6.45, 7) is 1.74. The van der Waals surface area contributed by atoms with Crippen LogP contribution in [-0.2, 0) is 27.7 Å². The maximum absolute atomic E-state index is 13.8. The molecule has 178 valence electrons. The quantitative estimate of drug-likeness (QED) is 0.303. The zero-order chi connectivity index (χ0) is 23.4. The molecule has 1 atom stereocenters. The molecular weight excluding hydrogens is 490 g/mol. The molecule has 1 aliphatic heterocycles. The Morgan fingerprint density at radius 3 is 2.85 bits per heavy atom. The lowest BCUT2D eigenvalue weighted by atomic mass is 10.2. The maximum Gasteiger partial charge on any atom is 0.245 e. The lowest BCUT2D eigenvalue weighted by Gasteiger charge is -2.25. The molecular formula is C24H25N3O4S3. The number of hydrogen-bond donors (Lipinski definition) is 0. The molecule has 7 nitrogen and oxygen atoms in total. The number of rotatable bonds is 10. The highest BCUT2D eigenvalue weighted by Crippen LogP contribution is 2.28. The molecule has 0 bridgehead atoms. The van der Waals surface area contributed by atoms with E-state index in [-0.39, 0.29) is 17.5 Å². The number of sulfonamides is 1. The van der Waals surface area contributed by atoms with Gasteiger partial charge in [0.05, 0.1) is 24.4 Å². The van der Waals surface area contributed by atoms with Crippen LogP contribution in [0.1, 0.15) is 24.0 Å². The highest BCUT2D eigenvalue weighted by Gasteiger charge is 2.31. The standard InChI is InChI=1S/C24H25N3O4S3/c28-34(29,23-8-2-7-22-24(23)26-33-25-22)27(16-21-6-3-11-30-21)15-19-4-1-5-20(14-19)31-12-9-18-10-13-32-17-18/h1-2,4-5,7-8,10,13-14,17,21H,3,6,9,11-12,15-16H2. The van der Waals surface area contributed by atoms with Crippen LogP contribution in [0.5, 0.6) is 5.75 Å². The minimum Gasteiger partial charge on any atom is -0.493 e. The van der Waals surface area contributed by atoms with Crippen LogP contribution in [0.25, 0.3) is 11.0 Å². The Morgan fingerprint density at radius 2 is 2.03 bits per heavy atom. The number of benzene rings is 2. The third-order valence-electron chi connectivity index (χ3n) is 5.80. The van der Waals surface area contributed by atoms with E-state index in [1.807, 2.05) is 24.3 Å². The highest BCUT2D eigenvalue weighted by molar-refractivity contribution is 7.89. The van der Waals surface area contributed by atoms with Crippen molar-refractivity contribution >= 4 is 44.1 Å². The van der Waals surface area contributed by atoms with Gasteiger partial charge >= 0.3 is 0 Å². The van der Waals surface area contributed by atoms with Crippen molar-refractivity contribution in [3.63, 3.8) is 0 Å². The van der Waals surface area contributed by atoms with Gasteiger partial charge in [0.15, 0.2) is 0 Å². The van der Waals surface area contributed by atoms with E-state index in [2.05, 4.69) is 25.6 Å². The second-order valence-electron chi connectivity index (χ2n) is 8.20. The van der Waals surface area contributed by atoms with Crippen molar-refractivity contribution in [1.29, 1.82) is 0 Å². The normalized spacial score (nSPS) is 16.4. The van der Waals surface area contributed by atoms with Crippen molar-refractivity contribution in [1.82, 2.24) is 13.1 Å². The summed E-state index contributed by atoms with van der Waals surface area (Å²) in [7, 11) is -3.82. The molecule has 0 spiro atoms. The van der Waals surface area contributed by atoms with Crippen molar-refractivity contribution in [3.8, 4) is 5.75 Å². The van der Waals surface area contributed by atoms with E-state index in [1.165, 1.54) is 9.87 Å². The van der Waals surface area contributed by atoms with Gasteiger partial charge in [0.1, 0.15) is 21.7 Å². The summed E-state index contributed by atoms with van der Waals surface area (Å²) in [6.07, 6.45) is 2.50.